The first-order chi connectivity index (χ1) is 16.2. The predicted molar refractivity (Wildman–Crippen MR) is 132 cm³/mol. The molecule has 0 amide bonds. The zero-order chi connectivity index (χ0) is 22.2. The summed E-state index contributed by atoms with van der Waals surface area (Å²) in [6.07, 6.45) is 8.15. The minimum atomic E-state index is 0.418. The van der Waals surface area contributed by atoms with Gasteiger partial charge in [-0.05, 0) is 55.5 Å². The van der Waals surface area contributed by atoms with Crippen LogP contribution in [-0.4, -0.2) is 45.6 Å². The number of nitrogens with one attached hydrogen (secondary N) is 2. The highest BCUT2D eigenvalue weighted by Gasteiger charge is 2.30. The zero-order valence-corrected chi connectivity index (χ0v) is 18.7. The van der Waals surface area contributed by atoms with Crippen LogP contribution in [0.4, 0.5) is 17.3 Å². The fraction of sp³-hybridized carbons (Fsp3) is 0.308. The minimum absolute atomic E-state index is 0.418. The molecule has 1 aliphatic heterocycles. The lowest BCUT2D eigenvalue weighted by atomic mass is 10.1. The second-order valence-electron chi connectivity index (χ2n) is 8.99. The number of nitrogens with zero attached hydrogens (tertiary/aromatic N) is 5. The summed E-state index contributed by atoms with van der Waals surface area (Å²) >= 11 is 0. The monoisotopic (exact) mass is 437 g/mol. The molecule has 0 spiro atoms. The van der Waals surface area contributed by atoms with Gasteiger partial charge in [0.05, 0.1) is 11.7 Å². The van der Waals surface area contributed by atoms with E-state index in [-0.39, 0.29) is 0 Å². The van der Waals surface area contributed by atoms with Gasteiger partial charge in [0.25, 0.3) is 0 Å². The summed E-state index contributed by atoms with van der Waals surface area (Å²) in [5, 5.41) is 8.08. The molecule has 2 aliphatic rings. The van der Waals surface area contributed by atoms with Gasteiger partial charge in [-0.15, -0.1) is 0 Å². The average molecular weight is 438 g/mol. The molecule has 1 aromatic carbocycles. The number of para-hydroxylation sites is 1. The van der Waals surface area contributed by atoms with Gasteiger partial charge < -0.3 is 15.5 Å². The number of hydrogen-bond donors (Lipinski definition) is 2. The maximum absolute atomic E-state index is 5.15. The largest absolute Gasteiger partial charge is 0.353 e. The Kier molecular flexibility index (Phi) is 5.11. The van der Waals surface area contributed by atoms with E-state index < -0.39 is 0 Å². The first kappa shape index (κ1) is 20.1. The van der Waals surface area contributed by atoms with Gasteiger partial charge in [0, 0.05) is 54.7 Å². The summed E-state index contributed by atoms with van der Waals surface area (Å²) in [6, 6.07) is 14.5. The number of piperazine rings is 1. The molecule has 0 bridgehead atoms. The van der Waals surface area contributed by atoms with Gasteiger partial charge in [-0.1, -0.05) is 18.2 Å². The van der Waals surface area contributed by atoms with Crippen molar-refractivity contribution in [2.75, 3.05) is 29.9 Å². The minimum Gasteiger partial charge on any atom is -0.353 e. The summed E-state index contributed by atoms with van der Waals surface area (Å²) in [5.74, 6) is 3.08. The second-order valence-corrected chi connectivity index (χ2v) is 8.99. The van der Waals surface area contributed by atoms with Crippen molar-refractivity contribution in [1.29, 1.82) is 0 Å². The summed E-state index contributed by atoms with van der Waals surface area (Å²) in [5.41, 5.74) is 4.14. The van der Waals surface area contributed by atoms with Crippen LogP contribution in [0.2, 0.25) is 0 Å². The van der Waals surface area contributed by atoms with Gasteiger partial charge in [0.2, 0.25) is 0 Å². The summed E-state index contributed by atoms with van der Waals surface area (Å²) in [4.78, 5) is 21.6. The van der Waals surface area contributed by atoms with Crippen LogP contribution in [0.1, 0.15) is 31.2 Å². The Morgan fingerprint density at radius 1 is 1.06 bits per heavy atom. The molecule has 1 aliphatic carbocycles. The van der Waals surface area contributed by atoms with Crippen LogP contribution >= 0.6 is 0 Å². The summed E-state index contributed by atoms with van der Waals surface area (Å²) in [7, 11) is 0. The SMILES string of the molecule is C[C@H]1CN(c2nc(-c3ccnc(Nc4ccccc4)c3)nc3cncc(C4CC4)c23)CCN1. The molecule has 3 aromatic heterocycles. The Labute approximate surface area is 193 Å². The second kappa shape index (κ2) is 8.41. The highest BCUT2D eigenvalue weighted by molar-refractivity contribution is 5.94. The first-order valence-corrected chi connectivity index (χ1v) is 11.7. The standard InChI is InChI=1S/C26H27N7/c1-17-16-33(12-11-28-17)26-24-21(18-7-8-18)14-27-15-22(24)31-25(32-26)19-9-10-29-23(13-19)30-20-5-3-2-4-6-20/h2-6,9-10,13-15,17-18,28H,7-8,11-12,16H2,1H3,(H,29,30)/t17-/m0/s1. The normalized spacial score (nSPS) is 18.5. The molecule has 0 unspecified atom stereocenters. The van der Waals surface area contributed by atoms with Crippen LogP contribution in [0.5, 0.6) is 0 Å². The lowest BCUT2D eigenvalue weighted by Crippen LogP contribution is -2.49. The molecule has 1 saturated heterocycles. The van der Waals surface area contributed by atoms with E-state index in [0.29, 0.717) is 17.8 Å². The van der Waals surface area contributed by atoms with Crippen LogP contribution < -0.4 is 15.5 Å². The third-order valence-electron chi connectivity index (χ3n) is 6.37. The number of rotatable bonds is 5. The smallest absolute Gasteiger partial charge is 0.162 e. The van der Waals surface area contributed by atoms with Crippen molar-refractivity contribution in [3.63, 3.8) is 0 Å². The Bertz CT molecular complexity index is 1290. The molecular weight excluding hydrogens is 410 g/mol. The average Bonchev–Trinajstić information content (AvgIpc) is 3.69. The third-order valence-corrected chi connectivity index (χ3v) is 6.37. The Hall–Kier alpha value is -3.58. The maximum atomic E-state index is 5.15. The van der Waals surface area contributed by atoms with Crippen LogP contribution in [-0.2, 0) is 0 Å². The fourth-order valence-corrected chi connectivity index (χ4v) is 4.58. The van der Waals surface area contributed by atoms with E-state index in [1.807, 2.05) is 54.9 Å². The van der Waals surface area contributed by atoms with Gasteiger partial charge in [-0.25, -0.2) is 15.0 Å². The van der Waals surface area contributed by atoms with Crippen molar-refractivity contribution >= 4 is 28.2 Å². The van der Waals surface area contributed by atoms with E-state index in [1.54, 1.807) is 6.20 Å². The van der Waals surface area contributed by atoms with Gasteiger partial charge in [-0.2, -0.15) is 0 Å². The molecule has 0 radical (unpaired) electrons. The van der Waals surface area contributed by atoms with Crippen LogP contribution in [0.15, 0.2) is 61.1 Å². The van der Waals surface area contributed by atoms with Gasteiger partial charge in [0.1, 0.15) is 11.6 Å². The van der Waals surface area contributed by atoms with Crippen molar-refractivity contribution in [3.05, 3.63) is 66.6 Å². The molecule has 166 valence electrons. The number of fused-ring (bicyclic) bond motifs is 1. The van der Waals surface area contributed by atoms with E-state index in [4.69, 9.17) is 9.97 Å². The highest BCUT2D eigenvalue weighted by atomic mass is 15.2. The van der Waals surface area contributed by atoms with Crippen molar-refractivity contribution in [2.45, 2.75) is 31.7 Å². The quantitative estimate of drug-likeness (QED) is 0.476. The molecule has 1 saturated carbocycles. The van der Waals surface area contributed by atoms with Crippen LogP contribution in [0.25, 0.3) is 22.3 Å². The number of anilines is 3. The van der Waals surface area contributed by atoms with Gasteiger partial charge in [0.15, 0.2) is 5.82 Å². The zero-order valence-electron chi connectivity index (χ0n) is 18.7. The molecule has 4 aromatic rings. The maximum Gasteiger partial charge on any atom is 0.162 e. The fourth-order valence-electron chi connectivity index (χ4n) is 4.58. The molecule has 7 nitrogen and oxygen atoms in total. The van der Waals surface area contributed by atoms with Gasteiger partial charge in [-0.3, -0.25) is 4.98 Å². The predicted octanol–water partition coefficient (Wildman–Crippen LogP) is 4.51. The molecule has 33 heavy (non-hydrogen) atoms. The topological polar surface area (TPSA) is 78.9 Å². The number of benzene rings is 1. The molecule has 6 rings (SSSR count). The molecule has 1 atom stereocenters. The summed E-state index contributed by atoms with van der Waals surface area (Å²) < 4.78 is 0. The van der Waals surface area contributed by atoms with E-state index in [9.17, 15) is 0 Å². The Balaban J connectivity index is 1.45. The molecule has 7 heteroatoms. The lowest BCUT2D eigenvalue weighted by Gasteiger charge is -2.33. The molecule has 2 fully saturated rings. The van der Waals surface area contributed by atoms with Crippen molar-refractivity contribution in [3.8, 4) is 11.4 Å². The van der Waals surface area contributed by atoms with Crippen LogP contribution in [0, 0.1) is 0 Å². The third kappa shape index (κ3) is 4.12. The number of pyridine rings is 2. The number of hydrogen-bond acceptors (Lipinski definition) is 7. The Morgan fingerprint density at radius 3 is 2.76 bits per heavy atom. The van der Waals surface area contributed by atoms with E-state index >= 15 is 0 Å². The number of aromatic nitrogens is 4. The van der Waals surface area contributed by atoms with Crippen molar-refractivity contribution < 1.29 is 0 Å². The molecular formula is C26H27N7. The molecule has 2 N–H and O–H groups in total. The molecule has 4 heterocycles. The summed E-state index contributed by atoms with van der Waals surface area (Å²) in [6.45, 7) is 5.03. The van der Waals surface area contributed by atoms with E-state index in [0.717, 1.165) is 48.0 Å². The highest BCUT2D eigenvalue weighted by Crippen LogP contribution is 2.44. The van der Waals surface area contributed by atoms with Crippen molar-refractivity contribution in [2.24, 2.45) is 0 Å². The first-order valence-electron chi connectivity index (χ1n) is 11.7. The Morgan fingerprint density at radius 2 is 1.94 bits per heavy atom. The van der Waals surface area contributed by atoms with Crippen molar-refractivity contribution in [1.82, 2.24) is 25.3 Å². The van der Waals surface area contributed by atoms with E-state index in [1.165, 1.54) is 23.8 Å². The lowest BCUT2D eigenvalue weighted by molar-refractivity contribution is 0.483. The van der Waals surface area contributed by atoms with Crippen LogP contribution in [0.3, 0.4) is 0 Å². The van der Waals surface area contributed by atoms with Gasteiger partial charge >= 0.3 is 0 Å². The van der Waals surface area contributed by atoms with E-state index in [2.05, 4.69) is 32.4 Å².